The van der Waals surface area contributed by atoms with Crippen LogP contribution in [0.5, 0.6) is 5.75 Å². The van der Waals surface area contributed by atoms with Gasteiger partial charge in [-0.1, -0.05) is 32.9 Å². The highest BCUT2D eigenvalue weighted by Crippen LogP contribution is 2.32. The van der Waals surface area contributed by atoms with Crippen molar-refractivity contribution in [1.82, 2.24) is 0 Å². The minimum absolute atomic E-state index is 0.0587. The lowest BCUT2D eigenvalue weighted by Crippen LogP contribution is -2.20. The van der Waals surface area contributed by atoms with E-state index in [9.17, 15) is 5.11 Å². The first kappa shape index (κ1) is 13.8. The predicted octanol–water partition coefficient (Wildman–Crippen LogP) is 3.86. The second-order valence-electron chi connectivity index (χ2n) is 6.47. The third kappa shape index (κ3) is 3.22. The standard InChI is InChI=1S/C16H22O3/c1-15(2,3)12-6-7-14(17)11(8-12)9-13-10-18-16(4,5)19-13/h6-8,10,17H,9H2,1-5H3. The van der Waals surface area contributed by atoms with E-state index in [1.807, 2.05) is 26.0 Å². The van der Waals surface area contributed by atoms with Gasteiger partial charge in [0.1, 0.15) is 17.8 Å². The van der Waals surface area contributed by atoms with Gasteiger partial charge in [-0.25, -0.2) is 0 Å². The number of rotatable bonds is 2. The van der Waals surface area contributed by atoms with Crippen molar-refractivity contribution in [2.75, 3.05) is 0 Å². The molecule has 0 atom stereocenters. The summed E-state index contributed by atoms with van der Waals surface area (Å²) in [5, 5.41) is 9.97. The molecule has 0 aliphatic carbocycles. The Morgan fingerprint density at radius 1 is 1.21 bits per heavy atom. The molecule has 0 radical (unpaired) electrons. The van der Waals surface area contributed by atoms with E-state index >= 15 is 0 Å². The third-order valence-corrected chi connectivity index (χ3v) is 3.16. The highest BCUT2D eigenvalue weighted by molar-refractivity contribution is 5.40. The Bertz CT molecular complexity index is 507. The number of phenolic OH excluding ortho intramolecular Hbond substituents is 1. The van der Waals surface area contributed by atoms with E-state index in [0.29, 0.717) is 12.2 Å². The van der Waals surface area contributed by atoms with Gasteiger partial charge in [0.25, 0.3) is 0 Å². The maximum Gasteiger partial charge on any atom is 0.244 e. The van der Waals surface area contributed by atoms with Crippen molar-refractivity contribution in [2.45, 2.75) is 52.2 Å². The molecule has 0 saturated carbocycles. The summed E-state index contributed by atoms with van der Waals surface area (Å²) in [6.45, 7) is 10.2. The van der Waals surface area contributed by atoms with E-state index in [-0.39, 0.29) is 5.41 Å². The van der Waals surface area contributed by atoms with Crippen molar-refractivity contribution in [3.63, 3.8) is 0 Å². The molecule has 0 aromatic heterocycles. The van der Waals surface area contributed by atoms with Crippen LogP contribution in [0, 0.1) is 0 Å². The van der Waals surface area contributed by atoms with Gasteiger partial charge in [-0.3, -0.25) is 0 Å². The van der Waals surface area contributed by atoms with Crippen LogP contribution in [0.25, 0.3) is 0 Å². The summed E-state index contributed by atoms with van der Waals surface area (Å²) in [6.07, 6.45) is 2.17. The van der Waals surface area contributed by atoms with E-state index in [0.717, 1.165) is 11.3 Å². The molecule has 1 aromatic carbocycles. The molecule has 1 heterocycles. The summed E-state index contributed by atoms with van der Waals surface area (Å²) in [4.78, 5) is 0. The fourth-order valence-electron chi connectivity index (χ4n) is 2.03. The third-order valence-electron chi connectivity index (χ3n) is 3.16. The Morgan fingerprint density at radius 3 is 2.42 bits per heavy atom. The molecule has 104 valence electrons. The van der Waals surface area contributed by atoms with Crippen molar-refractivity contribution < 1.29 is 14.6 Å². The zero-order valence-corrected chi connectivity index (χ0v) is 12.3. The van der Waals surface area contributed by atoms with Crippen LogP contribution in [0.3, 0.4) is 0 Å². The quantitative estimate of drug-likeness (QED) is 0.879. The molecule has 0 amide bonds. The average Bonchev–Trinajstić information content (AvgIpc) is 2.60. The highest BCUT2D eigenvalue weighted by Gasteiger charge is 2.28. The van der Waals surface area contributed by atoms with E-state index in [1.54, 1.807) is 12.3 Å². The van der Waals surface area contributed by atoms with Crippen LogP contribution in [0.4, 0.5) is 0 Å². The Morgan fingerprint density at radius 2 is 1.89 bits per heavy atom. The molecule has 0 spiro atoms. The summed E-state index contributed by atoms with van der Waals surface area (Å²) < 4.78 is 11.1. The number of hydrogen-bond acceptors (Lipinski definition) is 3. The molecule has 1 aliphatic rings. The lowest BCUT2D eigenvalue weighted by molar-refractivity contribution is -0.117. The van der Waals surface area contributed by atoms with Crippen LogP contribution in [0.1, 0.15) is 45.7 Å². The zero-order chi connectivity index (χ0) is 14.3. The van der Waals surface area contributed by atoms with Gasteiger partial charge in [0.15, 0.2) is 0 Å². The average molecular weight is 262 g/mol. The number of aromatic hydroxyl groups is 1. The molecule has 2 rings (SSSR count). The molecule has 1 aromatic rings. The number of hydrogen-bond donors (Lipinski definition) is 1. The monoisotopic (exact) mass is 262 g/mol. The first-order chi connectivity index (χ1) is 8.67. The predicted molar refractivity (Wildman–Crippen MR) is 74.8 cm³/mol. The van der Waals surface area contributed by atoms with E-state index in [4.69, 9.17) is 9.47 Å². The van der Waals surface area contributed by atoms with Gasteiger partial charge in [-0.05, 0) is 17.0 Å². The lowest BCUT2D eigenvalue weighted by atomic mass is 9.85. The van der Waals surface area contributed by atoms with Crippen molar-refractivity contribution in [3.8, 4) is 5.75 Å². The summed E-state index contributed by atoms with van der Waals surface area (Å²) in [6, 6.07) is 5.74. The number of phenols is 1. The second-order valence-corrected chi connectivity index (χ2v) is 6.47. The van der Waals surface area contributed by atoms with Gasteiger partial charge in [0.2, 0.25) is 5.79 Å². The van der Waals surface area contributed by atoms with Crippen LogP contribution >= 0.6 is 0 Å². The maximum atomic E-state index is 9.97. The zero-order valence-electron chi connectivity index (χ0n) is 12.3. The Kier molecular flexibility index (Phi) is 3.25. The molecule has 0 fully saturated rings. The summed E-state index contributed by atoms with van der Waals surface area (Å²) in [7, 11) is 0. The van der Waals surface area contributed by atoms with Gasteiger partial charge < -0.3 is 14.6 Å². The first-order valence-corrected chi connectivity index (χ1v) is 6.56. The van der Waals surface area contributed by atoms with Crippen LogP contribution in [0.2, 0.25) is 0 Å². The van der Waals surface area contributed by atoms with Crippen molar-refractivity contribution in [2.24, 2.45) is 0 Å². The smallest absolute Gasteiger partial charge is 0.244 e. The van der Waals surface area contributed by atoms with Crippen LogP contribution < -0.4 is 0 Å². The van der Waals surface area contributed by atoms with E-state index in [1.165, 1.54) is 5.56 Å². The minimum atomic E-state index is -0.605. The summed E-state index contributed by atoms with van der Waals surface area (Å²) >= 11 is 0. The number of ether oxygens (including phenoxy) is 2. The molecular weight excluding hydrogens is 240 g/mol. The van der Waals surface area contributed by atoms with Gasteiger partial charge in [-0.2, -0.15) is 0 Å². The molecule has 0 saturated heterocycles. The van der Waals surface area contributed by atoms with Crippen molar-refractivity contribution in [3.05, 3.63) is 41.3 Å². The van der Waals surface area contributed by atoms with E-state index < -0.39 is 5.79 Å². The number of allylic oxidation sites excluding steroid dienone is 1. The summed E-state index contributed by atoms with van der Waals surface area (Å²) in [5.41, 5.74) is 2.11. The molecule has 3 heteroatoms. The molecule has 19 heavy (non-hydrogen) atoms. The molecular formula is C16H22O3. The van der Waals surface area contributed by atoms with Crippen LogP contribution in [-0.4, -0.2) is 10.9 Å². The Balaban J connectivity index is 2.21. The van der Waals surface area contributed by atoms with Gasteiger partial charge >= 0.3 is 0 Å². The molecule has 0 unspecified atom stereocenters. The van der Waals surface area contributed by atoms with Gasteiger partial charge in [0.05, 0.1) is 0 Å². The van der Waals surface area contributed by atoms with Crippen LogP contribution in [0.15, 0.2) is 30.2 Å². The van der Waals surface area contributed by atoms with Crippen LogP contribution in [-0.2, 0) is 21.3 Å². The fourth-order valence-corrected chi connectivity index (χ4v) is 2.03. The SMILES string of the molecule is CC1(C)OC=C(Cc2cc(C(C)(C)C)ccc2O)O1. The largest absolute Gasteiger partial charge is 0.508 e. The van der Waals surface area contributed by atoms with Crippen molar-refractivity contribution in [1.29, 1.82) is 0 Å². The molecule has 1 aliphatic heterocycles. The normalized spacial score (nSPS) is 17.6. The van der Waals surface area contributed by atoms with Gasteiger partial charge in [0, 0.05) is 25.8 Å². The topological polar surface area (TPSA) is 38.7 Å². The molecule has 3 nitrogen and oxygen atoms in total. The van der Waals surface area contributed by atoms with E-state index in [2.05, 4.69) is 20.8 Å². The second kappa shape index (κ2) is 4.48. The van der Waals surface area contributed by atoms with Crippen molar-refractivity contribution >= 4 is 0 Å². The molecule has 0 bridgehead atoms. The number of benzene rings is 1. The minimum Gasteiger partial charge on any atom is -0.508 e. The highest BCUT2D eigenvalue weighted by atomic mass is 16.7. The lowest BCUT2D eigenvalue weighted by Gasteiger charge is -2.21. The molecule has 1 N–H and O–H groups in total. The first-order valence-electron chi connectivity index (χ1n) is 6.56. The Labute approximate surface area is 114 Å². The fraction of sp³-hybridized carbons (Fsp3) is 0.500. The Hall–Kier alpha value is -1.64. The summed E-state index contributed by atoms with van der Waals surface area (Å²) in [5.74, 6) is 0.431. The maximum absolute atomic E-state index is 9.97. The van der Waals surface area contributed by atoms with Gasteiger partial charge in [-0.15, -0.1) is 0 Å².